The lowest BCUT2D eigenvalue weighted by Gasteiger charge is -2.13. The van der Waals surface area contributed by atoms with E-state index in [9.17, 15) is 12.8 Å². The maximum Gasteiger partial charge on any atom is 0.264 e. The van der Waals surface area contributed by atoms with Crippen molar-refractivity contribution < 1.29 is 17.5 Å². The molecule has 0 saturated carbocycles. The van der Waals surface area contributed by atoms with Crippen molar-refractivity contribution in [1.29, 1.82) is 0 Å². The molecule has 0 amide bonds. The smallest absolute Gasteiger partial charge is 0.264 e. The first-order valence-corrected chi connectivity index (χ1v) is 7.61. The van der Waals surface area contributed by atoms with E-state index in [2.05, 4.69) is 4.72 Å². The molecule has 0 saturated heterocycles. The number of hydrogen-bond acceptors (Lipinski definition) is 4. The maximum absolute atomic E-state index is 13.0. The molecule has 8 heteroatoms. The zero-order valence-corrected chi connectivity index (χ0v) is 12.5. The van der Waals surface area contributed by atoms with Gasteiger partial charge < -0.3 is 10.5 Å². The molecule has 3 N–H and O–H groups in total. The van der Waals surface area contributed by atoms with Gasteiger partial charge in [-0.1, -0.05) is 11.6 Å². The van der Waals surface area contributed by atoms with E-state index in [0.717, 1.165) is 18.2 Å². The molecule has 2 rings (SSSR count). The predicted molar refractivity (Wildman–Crippen MR) is 79.6 cm³/mol. The summed E-state index contributed by atoms with van der Waals surface area (Å²) in [6.07, 6.45) is 0. The normalized spacial score (nSPS) is 11.2. The van der Waals surface area contributed by atoms with Crippen LogP contribution in [0.1, 0.15) is 0 Å². The van der Waals surface area contributed by atoms with E-state index < -0.39 is 15.8 Å². The van der Waals surface area contributed by atoms with Crippen LogP contribution in [0.4, 0.5) is 15.8 Å². The molecule has 112 valence electrons. The molecular formula is C13H12ClFN2O3S. The Morgan fingerprint density at radius 1 is 1.24 bits per heavy atom. The fourth-order valence-corrected chi connectivity index (χ4v) is 3.07. The number of halogens is 2. The van der Waals surface area contributed by atoms with Crippen molar-refractivity contribution in [3.63, 3.8) is 0 Å². The summed E-state index contributed by atoms with van der Waals surface area (Å²) in [6, 6.07) is 7.52. The van der Waals surface area contributed by atoms with Crippen LogP contribution in [0.2, 0.25) is 5.02 Å². The van der Waals surface area contributed by atoms with Gasteiger partial charge in [-0.15, -0.1) is 0 Å². The van der Waals surface area contributed by atoms with Crippen LogP contribution in [0.25, 0.3) is 0 Å². The number of nitrogen functional groups attached to an aromatic ring is 1. The number of nitrogens with two attached hydrogens (primary N) is 1. The van der Waals surface area contributed by atoms with E-state index in [-0.39, 0.29) is 16.3 Å². The third-order valence-electron chi connectivity index (χ3n) is 2.67. The zero-order chi connectivity index (χ0) is 15.6. The van der Waals surface area contributed by atoms with Gasteiger partial charge in [-0.3, -0.25) is 4.72 Å². The van der Waals surface area contributed by atoms with Crippen molar-refractivity contribution in [3.05, 3.63) is 47.2 Å². The van der Waals surface area contributed by atoms with Crippen LogP contribution in [-0.4, -0.2) is 15.5 Å². The number of nitrogens with one attached hydrogen (secondary N) is 1. The van der Waals surface area contributed by atoms with Crippen LogP contribution in [-0.2, 0) is 10.0 Å². The van der Waals surface area contributed by atoms with Gasteiger partial charge in [0, 0.05) is 5.02 Å². The molecule has 2 aromatic carbocycles. The lowest BCUT2D eigenvalue weighted by Crippen LogP contribution is -2.15. The van der Waals surface area contributed by atoms with Crippen LogP contribution in [0.15, 0.2) is 41.3 Å². The summed E-state index contributed by atoms with van der Waals surface area (Å²) in [5.41, 5.74) is 5.51. The van der Waals surface area contributed by atoms with Crippen molar-refractivity contribution >= 4 is 33.0 Å². The van der Waals surface area contributed by atoms with Crippen molar-refractivity contribution in [2.45, 2.75) is 4.90 Å². The van der Waals surface area contributed by atoms with Gasteiger partial charge >= 0.3 is 0 Å². The lowest BCUT2D eigenvalue weighted by atomic mass is 10.3. The summed E-state index contributed by atoms with van der Waals surface area (Å²) in [5.74, 6) is -0.324. The number of hydrogen-bond donors (Lipinski definition) is 2. The Bertz CT molecular complexity index is 781. The number of methoxy groups -OCH3 is 1. The van der Waals surface area contributed by atoms with Gasteiger partial charge in [-0.05, 0) is 36.4 Å². The van der Waals surface area contributed by atoms with Crippen molar-refractivity contribution in [3.8, 4) is 5.75 Å². The average Bonchev–Trinajstić information content (AvgIpc) is 2.37. The lowest BCUT2D eigenvalue weighted by molar-refractivity contribution is 0.417. The Kier molecular flexibility index (Phi) is 4.24. The van der Waals surface area contributed by atoms with E-state index in [1.165, 1.54) is 19.2 Å². The molecule has 0 atom stereocenters. The molecule has 0 heterocycles. The van der Waals surface area contributed by atoms with Crippen molar-refractivity contribution in [2.24, 2.45) is 0 Å². The van der Waals surface area contributed by atoms with Gasteiger partial charge in [0.1, 0.15) is 16.5 Å². The first kappa shape index (κ1) is 15.4. The highest BCUT2D eigenvalue weighted by Crippen LogP contribution is 2.30. The summed E-state index contributed by atoms with van der Waals surface area (Å²) in [5, 5.41) is 0.334. The molecule has 0 unspecified atom stereocenters. The number of rotatable bonds is 4. The molecule has 0 aromatic heterocycles. The standard InChI is InChI=1S/C13H12ClFN2O3S/c1-20-12-4-2-8(14)6-11(12)17-21(18,19)13-5-3-9(15)7-10(13)16/h2-7,17H,16H2,1H3. The highest BCUT2D eigenvalue weighted by Gasteiger charge is 2.20. The second kappa shape index (κ2) is 5.79. The molecule has 0 fully saturated rings. The van der Waals surface area contributed by atoms with Crippen LogP contribution in [0, 0.1) is 5.82 Å². The number of anilines is 2. The minimum atomic E-state index is -3.99. The minimum Gasteiger partial charge on any atom is -0.495 e. The van der Waals surface area contributed by atoms with Gasteiger partial charge in [0.15, 0.2) is 0 Å². The van der Waals surface area contributed by atoms with Crippen LogP contribution in [0.5, 0.6) is 5.75 Å². The molecule has 0 aliphatic carbocycles. The summed E-state index contributed by atoms with van der Waals surface area (Å²) in [4.78, 5) is -0.231. The van der Waals surface area contributed by atoms with E-state index in [1.807, 2.05) is 0 Å². The minimum absolute atomic E-state index is 0.161. The third-order valence-corrected chi connectivity index (χ3v) is 4.34. The SMILES string of the molecule is COc1ccc(Cl)cc1NS(=O)(=O)c1ccc(F)cc1N. The molecular weight excluding hydrogens is 319 g/mol. The molecule has 21 heavy (non-hydrogen) atoms. The van der Waals surface area contributed by atoms with E-state index in [0.29, 0.717) is 10.8 Å². The van der Waals surface area contributed by atoms with Gasteiger partial charge in [0.05, 0.1) is 18.5 Å². The van der Waals surface area contributed by atoms with Crippen molar-refractivity contribution in [1.82, 2.24) is 0 Å². The number of ether oxygens (including phenoxy) is 1. The van der Waals surface area contributed by atoms with Gasteiger partial charge in [-0.2, -0.15) is 0 Å². The third kappa shape index (κ3) is 3.37. The van der Waals surface area contributed by atoms with Gasteiger partial charge in [0.2, 0.25) is 0 Å². The van der Waals surface area contributed by atoms with Crippen molar-refractivity contribution in [2.75, 3.05) is 17.6 Å². The summed E-state index contributed by atoms with van der Waals surface area (Å²) < 4.78 is 45.0. The molecule has 0 bridgehead atoms. The van der Waals surface area contributed by atoms with E-state index in [4.69, 9.17) is 22.1 Å². The van der Waals surface area contributed by atoms with Crippen LogP contribution in [0.3, 0.4) is 0 Å². The number of benzene rings is 2. The largest absolute Gasteiger partial charge is 0.495 e. The highest BCUT2D eigenvalue weighted by molar-refractivity contribution is 7.92. The van der Waals surface area contributed by atoms with Gasteiger partial charge in [-0.25, -0.2) is 12.8 Å². The van der Waals surface area contributed by atoms with Crippen LogP contribution < -0.4 is 15.2 Å². The molecule has 5 nitrogen and oxygen atoms in total. The monoisotopic (exact) mass is 330 g/mol. The fourth-order valence-electron chi connectivity index (χ4n) is 1.72. The molecule has 0 aliphatic rings. The van der Waals surface area contributed by atoms with Crippen LogP contribution >= 0.6 is 11.6 Å². The molecule has 0 radical (unpaired) electrons. The quantitative estimate of drug-likeness (QED) is 0.845. The first-order chi connectivity index (χ1) is 9.83. The summed E-state index contributed by atoms with van der Waals surface area (Å²) in [7, 11) is -2.59. The van der Waals surface area contributed by atoms with E-state index >= 15 is 0 Å². The Morgan fingerprint density at radius 3 is 2.57 bits per heavy atom. The fraction of sp³-hybridized carbons (Fsp3) is 0.0769. The average molecular weight is 331 g/mol. The Hall–Kier alpha value is -1.99. The molecule has 0 spiro atoms. The topological polar surface area (TPSA) is 81.4 Å². The Balaban J connectivity index is 2.44. The van der Waals surface area contributed by atoms with E-state index in [1.54, 1.807) is 6.07 Å². The second-order valence-electron chi connectivity index (χ2n) is 4.13. The highest BCUT2D eigenvalue weighted by atomic mass is 35.5. The first-order valence-electron chi connectivity index (χ1n) is 5.75. The molecule has 0 aliphatic heterocycles. The summed E-state index contributed by atoms with van der Waals surface area (Å²) in [6.45, 7) is 0. The number of sulfonamides is 1. The Labute approximate surface area is 126 Å². The molecule has 2 aromatic rings. The summed E-state index contributed by atoms with van der Waals surface area (Å²) >= 11 is 5.84. The van der Waals surface area contributed by atoms with Gasteiger partial charge in [0.25, 0.3) is 10.0 Å². The predicted octanol–water partition coefficient (Wildman–Crippen LogP) is 2.87. The maximum atomic E-state index is 13.0. The second-order valence-corrected chi connectivity index (χ2v) is 6.22. The Morgan fingerprint density at radius 2 is 1.95 bits per heavy atom. The zero-order valence-electron chi connectivity index (χ0n) is 10.9.